The quantitative estimate of drug-likeness (QED) is 0.441. The molecule has 3 aromatic rings. The Kier molecular flexibility index (Phi) is 7.57. The summed E-state index contributed by atoms with van der Waals surface area (Å²) in [5.41, 5.74) is 6.68. The second kappa shape index (κ2) is 10.4. The molecule has 0 bridgehead atoms. The number of benzene rings is 3. The highest BCUT2D eigenvalue weighted by Gasteiger charge is 2.18. The first kappa shape index (κ1) is 24.1. The van der Waals surface area contributed by atoms with Gasteiger partial charge in [-0.05, 0) is 61.4 Å². The molecule has 3 aromatic carbocycles. The number of nitrogens with one attached hydrogen (secondary N) is 3. The summed E-state index contributed by atoms with van der Waals surface area (Å²) in [5, 5.41) is 0.237. The largest absolute Gasteiger partial charge is 0.483 e. The van der Waals surface area contributed by atoms with Crippen LogP contribution >= 0.6 is 11.6 Å². The lowest BCUT2D eigenvalue weighted by Gasteiger charge is -2.12. The van der Waals surface area contributed by atoms with Gasteiger partial charge in [0.05, 0.1) is 15.6 Å². The van der Waals surface area contributed by atoms with E-state index >= 15 is 0 Å². The van der Waals surface area contributed by atoms with E-state index in [-0.39, 0.29) is 27.8 Å². The van der Waals surface area contributed by atoms with Gasteiger partial charge in [0, 0.05) is 5.56 Å². The molecule has 10 heteroatoms. The molecular weight excluding hydrogens is 466 g/mol. The van der Waals surface area contributed by atoms with E-state index in [9.17, 15) is 18.0 Å². The second-order valence-electron chi connectivity index (χ2n) is 7.10. The number of carbonyl (C=O) groups is 2. The summed E-state index contributed by atoms with van der Waals surface area (Å²) in [6.45, 7) is 3.51. The van der Waals surface area contributed by atoms with Crippen LogP contribution in [0, 0.1) is 13.8 Å². The van der Waals surface area contributed by atoms with Crippen molar-refractivity contribution >= 4 is 39.1 Å². The van der Waals surface area contributed by atoms with Crippen molar-refractivity contribution in [2.24, 2.45) is 0 Å². The van der Waals surface area contributed by atoms with Gasteiger partial charge in [-0.15, -0.1) is 0 Å². The van der Waals surface area contributed by atoms with Gasteiger partial charge < -0.3 is 4.74 Å². The lowest BCUT2D eigenvalue weighted by molar-refractivity contribution is -0.123. The summed E-state index contributed by atoms with van der Waals surface area (Å²) in [5.74, 6) is -0.696. The number of hydrogen-bond acceptors (Lipinski definition) is 5. The van der Waals surface area contributed by atoms with Crippen LogP contribution in [0.4, 0.5) is 5.69 Å². The van der Waals surface area contributed by atoms with Crippen molar-refractivity contribution in [2.75, 3.05) is 11.3 Å². The van der Waals surface area contributed by atoms with E-state index in [1.54, 1.807) is 24.3 Å². The average Bonchev–Trinajstić information content (AvgIpc) is 2.80. The van der Waals surface area contributed by atoms with Gasteiger partial charge >= 0.3 is 0 Å². The Morgan fingerprint density at radius 2 is 1.67 bits per heavy atom. The molecule has 0 aromatic heterocycles. The van der Waals surface area contributed by atoms with Crippen LogP contribution in [0.3, 0.4) is 0 Å². The number of hydrogen-bond donors (Lipinski definition) is 3. The maximum absolute atomic E-state index is 12.7. The van der Waals surface area contributed by atoms with Gasteiger partial charge in [-0.25, -0.2) is 8.42 Å². The van der Waals surface area contributed by atoms with Crippen LogP contribution in [0.5, 0.6) is 5.75 Å². The first-order valence-electron chi connectivity index (χ1n) is 9.83. The molecule has 0 saturated carbocycles. The van der Waals surface area contributed by atoms with Gasteiger partial charge in [0.15, 0.2) is 6.61 Å². The normalized spacial score (nSPS) is 10.9. The molecule has 0 atom stereocenters. The highest BCUT2D eigenvalue weighted by Crippen LogP contribution is 2.24. The molecule has 0 aliphatic carbocycles. The number of anilines is 1. The lowest BCUT2D eigenvalue weighted by Crippen LogP contribution is -2.43. The van der Waals surface area contributed by atoms with E-state index in [0.717, 1.165) is 11.1 Å². The summed E-state index contributed by atoms with van der Waals surface area (Å²) in [6, 6.07) is 17.2. The zero-order chi connectivity index (χ0) is 24.0. The van der Waals surface area contributed by atoms with Crippen LogP contribution < -0.4 is 20.3 Å². The number of aryl methyl sites for hydroxylation is 1. The molecule has 0 aliphatic rings. The topological polar surface area (TPSA) is 114 Å². The highest BCUT2D eigenvalue weighted by atomic mass is 35.5. The van der Waals surface area contributed by atoms with Gasteiger partial charge in [0.1, 0.15) is 5.75 Å². The first-order chi connectivity index (χ1) is 15.7. The van der Waals surface area contributed by atoms with E-state index in [1.165, 1.54) is 30.3 Å². The van der Waals surface area contributed by atoms with E-state index in [0.29, 0.717) is 5.75 Å². The molecule has 0 radical (unpaired) electrons. The number of hydrazine groups is 1. The molecular formula is C23H22ClN3O5S. The fourth-order valence-electron chi connectivity index (χ4n) is 2.81. The Morgan fingerprint density at radius 3 is 2.42 bits per heavy atom. The minimum atomic E-state index is -3.99. The fourth-order valence-corrected chi connectivity index (χ4v) is 4.17. The molecule has 2 amide bonds. The summed E-state index contributed by atoms with van der Waals surface area (Å²) < 4.78 is 33.2. The van der Waals surface area contributed by atoms with Gasteiger partial charge in [-0.1, -0.05) is 41.9 Å². The van der Waals surface area contributed by atoms with Crippen LogP contribution in [0.15, 0.2) is 71.6 Å². The number of sulfonamides is 1. The van der Waals surface area contributed by atoms with Gasteiger partial charge in [0.25, 0.3) is 21.8 Å². The molecule has 0 spiro atoms. The molecule has 33 heavy (non-hydrogen) atoms. The fraction of sp³-hybridized carbons (Fsp3) is 0.130. The maximum atomic E-state index is 12.7. The third-order valence-corrected chi connectivity index (χ3v) is 6.45. The Balaban J connectivity index is 1.60. The average molecular weight is 488 g/mol. The monoisotopic (exact) mass is 487 g/mol. The Labute approximate surface area is 196 Å². The standard InChI is InChI=1S/C23H22ClN3O5S/c1-15-7-5-12-21(16(15)2)32-14-22(28)25-26-23(29)17-8-6-9-18(13-17)33(30,31)27-20-11-4-3-10-19(20)24/h3-13,27H,14H2,1-2H3,(H,25,28)(H,26,29). The van der Waals surface area contributed by atoms with Crippen molar-refractivity contribution in [3.05, 3.63) is 88.4 Å². The zero-order valence-corrected chi connectivity index (χ0v) is 19.5. The minimum Gasteiger partial charge on any atom is -0.483 e. The van der Waals surface area contributed by atoms with Crippen molar-refractivity contribution in [1.29, 1.82) is 0 Å². The number of amides is 2. The molecule has 172 valence electrons. The van der Waals surface area contributed by atoms with Crippen LogP contribution in [0.25, 0.3) is 0 Å². The second-order valence-corrected chi connectivity index (χ2v) is 9.19. The van der Waals surface area contributed by atoms with Gasteiger partial charge in [-0.2, -0.15) is 0 Å². The highest BCUT2D eigenvalue weighted by molar-refractivity contribution is 7.92. The Morgan fingerprint density at radius 1 is 0.939 bits per heavy atom. The first-order valence-corrected chi connectivity index (χ1v) is 11.7. The van der Waals surface area contributed by atoms with Crippen molar-refractivity contribution in [3.8, 4) is 5.75 Å². The SMILES string of the molecule is Cc1cccc(OCC(=O)NNC(=O)c2cccc(S(=O)(=O)Nc3ccccc3Cl)c2)c1C. The molecule has 3 N–H and O–H groups in total. The smallest absolute Gasteiger partial charge is 0.276 e. The van der Waals surface area contributed by atoms with Crippen molar-refractivity contribution in [1.82, 2.24) is 10.9 Å². The maximum Gasteiger partial charge on any atom is 0.276 e. The van der Waals surface area contributed by atoms with Crippen LogP contribution in [-0.2, 0) is 14.8 Å². The summed E-state index contributed by atoms with van der Waals surface area (Å²) in [4.78, 5) is 24.3. The molecule has 0 heterocycles. The Hall–Kier alpha value is -3.56. The third-order valence-electron chi connectivity index (χ3n) is 4.75. The molecule has 0 aliphatic heterocycles. The van der Waals surface area contributed by atoms with E-state index in [1.807, 2.05) is 26.0 Å². The van der Waals surface area contributed by atoms with Crippen LogP contribution in [-0.4, -0.2) is 26.8 Å². The van der Waals surface area contributed by atoms with E-state index in [2.05, 4.69) is 15.6 Å². The Bertz CT molecular complexity index is 1290. The summed E-state index contributed by atoms with van der Waals surface area (Å²) in [6.07, 6.45) is 0. The zero-order valence-electron chi connectivity index (χ0n) is 17.9. The molecule has 8 nitrogen and oxygen atoms in total. The van der Waals surface area contributed by atoms with Gasteiger partial charge in [-0.3, -0.25) is 25.2 Å². The third kappa shape index (κ3) is 6.24. The predicted molar refractivity (Wildman–Crippen MR) is 126 cm³/mol. The van der Waals surface area contributed by atoms with E-state index in [4.69, 9.17) is 16.3 Å². The van der Waals surface area contributed by atoms with Crippen molar-refractivity contribution < 1.29 is 22.7 Å². The van der Waals surface area contributed by atoms with Crippen molar-refractivity contribution in [3.63, 3.8) is 0 Å². The predicted octanol–water partition coefficient (Wildman–Crippen LogP) is 3.60. The molecule has 0 unspecified atom stereocenters. The number of rotatable bonds is 7. The number of ether oxygens (including phenoxy) is 1. The number of halogens is 1. The van der Waals surface area contributed by atoms with Crippen LogP contribution in [0.2, 0.25) is 5.02 Å². The molecule has 0 saturated heterocycles. The molecule has 3 rings (SSSR count). The molecule has 0 fully saturated rings. The summed E-state index contributed by atoms with van der Waals surface area (Å²) in [7, 11) is -3.99. The summed E-state index contributed by atoms with van der Waals surface area (Å²) >= 11 is 6.01. The van der Waals surface area contributed by atoms with Gasteiger partial charge in [0.2, 0.25) is 0 Å². The lowest BCUT2D eigenvalue weighted by atomic mass is 10.1. The van der Waals surface area contributed by atoms with Crippen LogP contribution in [0.1, 0.15) is 21.5 Å². The number of para-hydroxylation sites is 1. The van der Waals surface area contributed by atoms with Crippen molar-refractivity contribution in [2.45, 2.75) is 18.7 Å². The number of carbonyl (C=O) groups excluding carboxylic acids is 2. The minimum absolute atomic E-state index is 0.0350. The van der Waals surface area contributed by atoms with E-state index < -0.39 is 21.8 Å².